The molecule has 0 radical (unpaired) electrons. The Balaban J connectivity index is 2.06. The van der Waals surface area contributed by atoms with E-state index in [1.807, 2.05) is 6.92 Å². The summed E-state index contributed by atoms with van der Waals surface area (Å²) in [5, 5.41) is 67.1. The summed E-state index contributed by atoms with van der Waals surface area (Å²) < 4.78 is 34.7. The predicted molar refractivity (Wildman–Crippen MR) is 262 cm³/mol. The fourth-order valence-electron chi connectivity index (χ4n) is 7.79. The van der Waals surface area contributed by atoms with Crippen molar-refractivity contribution in [2.45, 2.75) is 210 Å². The van der Waals surface area contributed by atoms with E-state index in [1.54, 1.807) is 12.2 Å². The van der Waals surface area contributed by atoms with E-state index in [0.29, 0.717) is 32.1 Å². The van der Waals surface area contributed by atoms with Crippen molar-refractivity contribution in [2.75, 3.05) is 13.2 Å². The Morgan fingerprint density at radius 2 is 1.37 bits per heavy atom. The minimum absolute atomic E-state index is 0.0199. The lowest BCUT2D eigenvalue weighted by Crippen LogP contribution is -2.55. The molecule has 0 spiro atoms. The highest BCUT2D eigenvalue weighted by Gasteiger charge is 2.47. The van der Waals surface area contributed by atoms with Gasteiger partial charge in [0.1, 0.15) is 31.0 Å². The molecule has 7 N–H and O–H groups in total. The van der Waals surface area contributed by atoms with E-state index in [-0.39, 0.29) is 19.3 Å². The van der Waals surface area contributed by atoms with Crippen molar-refractivity contribution in [3.63, 3.8) is 0 Å². The number of ether oxygens (including phenoxy) is 2. The summed E-state index contributed by atoms with van der Waals surface area (Å²) in [4.78, 5) is 50.1. The van der Waals surface area contributed by atoms with Gasteiger partial charge in [-0.1, -0.05) is 145 Å². The number of fused-ring (bicyclic) bond motifs is 4. The third kappa shape index (κ3) is 26.8. The number of aliphatic hydroxyl groups is 6. The number of phosphoric ester groups is 1. The first-order valence-electron chi connectivity index (χ1n) is 25.3. The van der Waals surface area contributed by atoms with Crippen LogP contribution < -0.4 is 0 Å². The van der Waals surface area contributed by atoms with Crippen LogP contribution in [0.1, 0.15) is 162 Å². The third-order valence-electron chi connectivity index (χ3n) is 12.0. The van der Waals surface area contributed by atoms with Crippen LogP contribution >= 0.6 is 7.82 Å². The van der Waals surface area contributed by atoms with Crippen LogP contribution in [0.3, 0.4) is 0 Å². The van der Waals surface area contributed by atoms with Crippen LogP contribution in [0.5, 0.6) is 0 Å². The molecule has 0 saturated carbocycles. The number of carbonyl (C=O) groups excluding carboxylic acids is 3. The zero-order chi connectivity index (χ0) is 50.0. The summed E-state index contributed by atoms with van der Waals surface area (Å²) in [5.41, 5.74) is 0. The molecule has 68 heavy (non-hydrogen) atoms. The fraction of sp³-hybridized carbons (Fsp3) is 0.712. The van der Waals surface area contributed by atoms with Gasteiger partial charge in [-0.3, -0.25) is 23.4 Å². The average molecular weight is 981 g/mol. The van der Waals surface area contributed by atoms with Crippen LogP contribution in [0.25, 0.3) is 0 Å². The van der Waals surface area contributed by atoms with Crippen molar-refractivity contribution in [1.82, 2.24) is 0 Å². The van der Waals surface area contributed by atoms with Gasteiger partial charge in [-0.2, -0.15) is 0 Å². The second-order valence-corrected chi connectivity index (χ2v) is 19.4. The second-order valence-electron chi connectivity index (χ2n) is 18.0. The first-order chi connectivity index (χ1) is 32.7. The van der Waals surface area contributed by atoms with Gasteiger partial charge in [0.15, 0.2) is 11.9 Å². The summed E-state index contributed by atoms with van der Waals surface area (Å²) in [7, 11) is -5.43. The molecule has 0 aromatic carbocycles. The van der Waals surface area contributed by atoms with E-state index in [0.717, 1.165) is 76.7 Å². The Bertz CT molecular complexity index is 1620. The van der Waals surface area contributed by atoms with Gasteiger partial charge in [0.25, 0.3) is 0 Å². The molecule has 2 aliphatic rings. The lowest BCUT2D eigenvalue weighted by Gasteiger charge is -2.36. The van der Waals surface area contributed by atoms with Crippen LogP contribution in [0, 0.1) is 11.8 Å². The molecule has 2 rings (SSSR count). The van der Waals surface area contributed by atoms with Gasteiger partial charge in [0.05, 0.1) is 30.8 Å². The Hall–Kier alpha value is -3.08. The Morgan fingerprint density at radius 3 is 2.04 bits per heavy atom. The van der Waals surface area contributed by atoms with Crippen molar-refractivity contribution in [3.8, 4) is 0 Å². The molecule has 0 aromatic heterocycles. The monoisotopic (exact) mass is 981 g/mol. The molecular weight excluding hydrogens is 896 g/mol. The Labute approximate surface area is 405 Å². The van der Waals surface area contributed by atoms with E-state index >= 15 is 0 Å². The maximum atomic E-state index is 13.6. The van der Waals surface area contributed by atoms with Crippen LogP contribution in [0.4, 0.5) is 0 Å². The van der Waals surface area contributed by atoms with Crippen molar-refractivity contribution >= 4 is 25.5 Å². The maximum Gasteiger partial charge on any atom is 0.472 e. The number of hydrogen-bond donors (Lipinski definition) is 7. The van der Waals surface area contributed by atoms with Gasteiger partial charge < -0.3 is 45.0 Å². The second kappa shape index (κ2) is 36.8. The number of allylic oxidation sites excluding steroid dienone is 9. The van der Waals surface area contributed by atoms with Crippen LogP contribution in [0.2, 0.25) is 0 Å². The van der Waals surface area contributed by atoms with E-state index < -0.39 is 99.4 Å². The highest BCUT2D eigenvalue weighted by atomic mass is 31.2. The highest BCUT2D eigenvalue weighted by molar-refractivity contribution is 7.47. The smallest absolute Gasteiger partial charge is 0.462 e. The van der Waals surface area contributed by atoms with Crippen LogP contribution in [-0.4, -0.2) is 115 Å². The zero-order valence-electron chi connectivity index (χ0n) is 40.7. The molecule has 1 heterocycles. The van der Waals surface area contributed by atoms with E-state index in [2.05, 4.69) is 43.4 Å². The number of hydrogen-bond acceptors (Lipinski definition) is 14. The Morgan fingerprint density at radius 1 is 0.765 bits per heavy atom. The third-order valence-corrected chi connectivity index (χ3v) is 13.0. The number of aliphatic hydroxyl groups excluding tert-OH is 6. The SMILES string of the molecule is CCCCCC/C=C\C/C=C\C/C=C\CCCCCCCCC(=O)O[C@@H]1COC(=O)CCC/C=C\C[C@H]2/C=C\C(=O)[C@H](/C=C/[C@@H](O)CCCCC)[C@@H](O)[C@@H](O)[C@@H](OP(=O)(O)OC1)[C@H](O)[C@@H](O)[C@@H]2O. The molecule has 16 heteroatoms. The quantitative estimate of drug-likeness (QED) is 0.0197. The first-order valence-corrected chi connectivity index (χ1v) is 26.8. The van der Waals surface area contributed by atoms with Crippen molar-refractivity contribution in [2.24, 2.45) is 11.8 Å². The number of ketones is 1. The van der Waals surface area contributed by atoms with Gasteiger partial charge in [-0.25, -0.2) is 4.57 Å². The van der Waals surface area contributed by atoms with Gasteiger partial charge in [0.2, 0.25) is 0 Å². The summed E-state index contributed by atoms with van der Waals surface area (Å²) in [6.45, 7) is 2.83. The fourth-order valence-corrected chi connectivity index (χ4v) is 8.76. The number of unbranched alkanes of at least 4 members (excludes halogenated alkanes) is 12. The lowest BCUT2D eigenvalue weighted by molar-refractivity contribution is -0.164. The minimum Gasteiger partial charge on any atom is -0.462 e. The molecule has 11 atom stereocenters. The standard InChI is InChI=1S/C52H85O15P/c1-3-5-7-8-9-10-11-12-13-14-15-16-17-18-19-20-21-22-23-29-33-46(56)66-42-38-64-45(55)32-28-25-24-27-30-40-34-37-44(54)43(36-35-41(53)31-26-6-4-2)48(58)50(60)52(51(61)49(59)47(40)57)67-68(62,63)65-39-42/h10-11,13-14,16-17,24,27,34-37,40-43,47-53,57-61H,3-9,12,15,18-23,25-26,28-33,38-39H2,1-2H3,(H,62,63)/b11-10-,14-13-,17-16-,27-24-,36-35+,37-34-/t40-,41-,42+,43-,47+,48+,49-,50+,51+,52+/m0/s1. The van der Waals surface area contributed by atoms with E-state index in [4.69, 9.17) is 18.5 Å². The number of esters is 2. The first kappa shape index (κ1) is 61.0. The van der Waals surface area contributed by atoms with Gasteiger partial charge in [-0.05, 0) is 76.7 Å². The predicted octanol–water partition coefficient (Wildman–Crippen LogP) is 8.29. The van der Waals surface area contributed by atoms with Gasteiger partial charge >= 0.3 is 19.8 Å². The van der Waals surface area contributed by atoms with Crippen molar-refractivity contribution in [1.29, 1.82) is 0 Å². The number of rotatable bonds is 25. The lowest BCUT2D eigenvalue weighted by atomic mass is 9.87. The zero-order valence-corrected chi connectivity index (χ0v) is 41.6. The maximum absolute atomic E-state index is 13.6. The Kier molecular flexibility index (Phi) is 33.0. The molecule has 0 saturated heterocycles. The molecule has 0 fully saturated rings. The molecule has 1 aliphatic carbocycles. The van der Waals surface area contributed by atoms with Gasteiger partial charge in [0, 0.05) is 18.8 Å². The topological polar surface area (TPSA) is 247 Å². The van der Waals surface area contributed by atoms with Crippen LogP contribution in [0.15, 0.2) is 72.9 Å². The van der Waals surface area contributed by atoms with E-state index in [9.17, 15) is 54.5 Å². The average Bonchev–Trinajstić information content (AvgIpc) is 3.32. The molecule has 388 valence electrons. The number of carbonyl (C=O) groups is 3. The molecule has 1 aliphatic heterocycles. The number of cyclic esters (lactones) is 1. The summed E-state index contributed by atoms with van der Waals surface area (Å²) in [6, 6.07) is 0. The van der Waals surface area contributed by atoms with Crippen molar-refractivity contribution < 1.29 is 73.0 Å². The molecule has 0 amide bonds. The highest BCUT2D eigenvalue weighted by Crippen LogP contribution is 2.47. The minimum atomic E-state index is -5.43. The molecule has 2 bridgehead atoms. The molecule has 1 unspecified atom stereocenters. The number of phosphoric acid groups is 1. The molecule has 0 aromatic rings. The molecule has 15 nitrogen and oxygen atoms in total. The largest absolute Gasteiger partial charge is 0.472 e. The summed E-state index contributed by atoms with van der Waals surface area (Å²) in [5.74, 6) is -4.68. The summed E-state index contributed by atoms with van der Waals surface area (Å²) in [6.07, 6.45) is 24.0. The van der Waals surface area contributed by atoms with E-state index in [1.165, 1.54) is 43.9 Å². The summed E-state index contributed by atoms with van der Waals surface area (Å²) >= 11 is 0. The molecular formula is C52H85O15P. The normalized spacial score (nSPS) is 30.0. The van der Waals surface area contributed by atoms with Crippen LogP contribution in [-0.2, 0) is 37.5 Å². The van der Waals surface area contributed by atoms with Gasteiger partial charge in [-0.15, -0.1) is 0 Å². The van der Waals surface area contributed by atoms with Crippen molar-refractivity contribution in [3.05, 3.63) is 72.9 Å².